The van der Waals surface area contributed by atoms with Crippen molar-refractivity contribution in [1.82, 2.24) is 0 Å². The van der Waals surface area contributed by atoms with E-state index in [0.717, 1.165) is 24.6 Å². The van der Waals surface area contributed by atoms with Crippen molar-refractivity contribution >= 4 is 11.4 Å². The van der Waals surface area contributed by atoms with Crippen LogP contribution in [0.15, 0.2) is 103 Å². The van der Waals surface area contributed by atoms with Gasteiger partial charge in [-0.2, -0.15) is 0 Å². The van der Waals surface area contributed by atoms with E-state index in [0.29, 0.717) is 13.5 Å². The second-order valence-electron chi connectivity index (χ2n) is 11.3. The van der Waals surface area contributed by atoms with Gasteiger partial charge in [-0.1, -0.05) is 65.7 Å². The first kappa shape index (κ1) is 25.3. The first-order valence-corrected chi connectivity index (χ1v) is 14.3. The minimum atomic E-state index is 0.568. The van der Waals surface area contributed by atoms with E-state index in [9.17, 15) is 0 Å². The average Bonchev–Trinajstić information content (AvgIpc) is 3.01. The highest BCUT2D eigenvalue weighted by molar-refractivity contribution is 5.73. The van der Waals surface area contributed by atoms with E-state index in [2.05, 4.69) is 134 Å². The molecule has 0 N–H and O–H groups in total. The monoisotopic (exact) mass is 538 g/mol. The Hall–Kier alpha value is -4.70. The van der Waals surface area contributed by atoms with Crippen molar-refractivity contribution in [1.29, 1.82) is 0 Å². The zero-order valence-corrected chi connectivity index (χ0v) is 23.9. The van der Waals surface area contributed by atoms with Gasteiger partial charge in [-0.3, -0.25) is 0 Å². The lowest BCUT2D eigenvalue weighted by Gasteiger charge is -2.32. The number of rotatable bonds is 4. The maximum atomic E-state index is 6.22. The smallest absolute Gasteiger partial charge is 0.161 e. The number of hydrogen-bond acceptors (Lipinski definition) is 4. The number of hydrogen-bond donors (Lipinski definition) is 0. The molecular formula is C37H34N2O2. The number of nitrogens with zero attached hydrogens (tertiary/aromatic N) is 2. The summed E-state index contributed by atoms with van der Waals surface area (Å²) in [6.07, 6.45) is 0. The summed E-state index contributed by atoms with van der Waals surface area (Å²) >= 11 is 0. The molecule has 0 fully saturated rings. The molecule has 41 heavy (non-hydrogen) atoms. The fourth-order valence-corrected chi connectivity index (χ4v) is 5.85. The number of ether oxygens (including phenoxy) is 2. The van der Waals surface area contributed by atoms with E-state index in [-0.39, 0.29) is 0 Å². The predicted octanol–water partition coefficient (Wildman–Crippen LogP) is 8.66. The van der Waals surface area contributed by atoms with Gasteiger partial charge in [-0.15, -0.1) is 0 Å². The lowest BCUT2D eigenvalue weighted by molar-refractivity contribution is 0.287. The van der Waals surface area contributed by atoms with Gasteiger partial charge in [0.1, 0.15) is 11.5 Å². The normalized spacial score (nSPS) is 14.1. The quantitative estimate of drug-likeness (QED) is 0.229. The summed E-state index contributed by atoms with van der Waals surface area (Å²) in [4.78, 5) is 4.56. The molecule has 0 bridgehead atoms. The lowest BCUT2D eigenvalue weighted by Crippen LogP contribution is -2.32. The molecule has 204 valence electrons. The van der Waals surface area contributed by atoms with E-state index in [4.69, 9.17) is 9.47 Å². The third kappa shape index (κ3) is 5.02. The van der Waals surface area contributed by atoms with Crippen LogP contribution in [0.1, 0.15) is 27.8 Å². The van der Waals surface area contributed by atoms with Crippen LogP contribution >= 0.6 is 0 Å². The third-order valence-electron chi connectivity index (χ3n) is 8.22. The Balaban J connectivity index is 1.12. The van der Waals surface area contributed by atoms with Gasteiger partial charge in [0.15, 0.2) is 13.5 Å². The largest absolute Gasteiger partial charge is 0.473 e. The van der Waals surface area contributed by atoms with E-state index in [1.54, 1.807) is 0 Å². The van der Waals surface area contributed by atoms with Gasteiger partial charge in [0, 0.05) is 35.6 Å². The molecule has 0 amide bonds. The summed E-state index contributed by atoms with van der Waals surface area (Å²) in [5, 5.41) is 0. The van der Waals surface area contributed by atoms with Gasteiger partial charge < -0.3 is 19.3 Å². The Bertz CT molecular complexity index is 1710. The molecule has 5 aromatic rings. The minimum absolute atomic E-state index is 0.568. The zero-order chi connectivity index (χ0) is 27.9. The van der Waals surface area contributed by atoms with Gasteiger partial charge in [0.05, 0.1) is 0 Å². The summed E-state index contributed by atoms with van der Waals surface area (Å²) in [6.45, 7) is 9.19. The topological polar surface area (TPSA) is 24.9 Å². The van der Waals surface area contributed by atoms with Crippen LogP contribution in [-0.4, -0.2) is 13.5 Å². The molecule has 2 aliphatic heterocycles. The first-order valence-electron chi connectivity index (χ1n) is 14.3. The van der Waals surface area contributed by atoms with Gasteiger partial charge in [0.2, 0.25) is 0 Å². The molecule has 4 nitrogen and oxygen atoms in total. The van der Waals surface area contributed by atoms with Crippen molar-refractivity contribution in [2.75, 3.05) is 23.3 Å². The van der Waals surface area contributed by atoms with Gasteiger partial charge in [-0.25, -0.2) is 0 Å². The van der Waals surface area contributed by atoms with Crippen LogP contribution in [0.5, 0.6) is 11.5 Å². The Kier molecular flexibility index (Phi) is 6.39. The number of benzene rings is 5. The molecular weight excluding hydrogens is 504 g/mol. The van der Waals surface area contributed by atoms with Crippen LogP contribution in [-0.2, 0) is 13.1 Å². The van der Waals surface area contributed by atoms with Crippen LogP contribution in [0.3, 0.4) is 0 Å². The Morgan fingerprint density at radius 2 is 1.00 bits per heavy atom. The van der Waals surface area contributed by atoms with Crippen LogP contribution in [0.4, 0.5) is 11.4 Å². The fraction of sp³-hybridized carbons (Fsp3) is 0.189. The maximum Gasteiger partial charge on any atom is 0.161 e. The summed E-state index contributed by atoms with van der Waals surface area (Å²) in [7, 11) is 0. The zero-order valence-electron chi connectivity index (χ0n) is 23.9. The summed E-state index contributed by atoms with van der Waals surface area (Å²) in [5.41, 5.74) is 13.3. The first-order chi connectivity index (χ1) is 20.0. The Morgan fingerprint density at radius 3 is 1.63 bits per heavy atom. The molecule has 0 atom stereocenters. The second kappa shape index (κ2) is 10.4. The van der Waals surface area contributed by atoms with Crippen LogP contribution < -0.4 is 19.3 Å². The molecule has 2 heterocycles. The standard InChI is InChI=1S/C37H34N2O2/c1-25-4-13-34(14-5-25)38-21-32-19-30(12-17-36(32)40-23-38)28-8-10-29(11-9-28)31-18-27(3)37-33(20-31)22-39(24-41-37)35-15-6-26(2)7-16-35/h4-20H,21-24H2,1-3H3. The van der Waals surface area contributed by atoms with Crippen molar-refractivity contribution in [3.05, 3.63) is 131 Å². The number of aryl methyl sites for hydroxylation is 3. The SMILES string of the molecule is Cc1ccc(N2COc3ccc(-c4ccc(-c5cc(C)c6c(c5)CN(c5ccc(C)cc5)CO6)cc4)cc3C2)cc1. The Morgan fingerprint density at radius 1 is 0.488 bits per heavy atom. The van der Waals surface area contributed by atoms with Gasteiger partial charge >= 0.3 is 0 Å². The molecule has 0 spiro atoms. The van der Waals surface area contributed by atoms with Crippen molar-refractivity contribution in [2.45, 2.75) is 33.9 Å². The summed E-state index contributed by atoms with van der Waals surface area (Å²) in [5.74, 6) is 1.99. The highest BCUT2D eigenvalue weighted by Crippen LogP contribution is 2.37. The van der Waals surface area contributed by atoms with E-state index in [1.807, 2.05) is 0 Å². The Labute approximate surface area is 242 Å². The molecule has 0 saturated heterocycles. The molecule has 4 heteroatoms. The molecule has 2 aliphatic rings. The highest BCUT2D eigenvalue weighted by Gasteiger charge is 2.21. The van der Waals surface area contributed by atoms with Crippen molar-refractivity contribution in [2.24, 2.45) is 0 Å². The minimum Gasteiger partial charge on any atom is -0.473 e. The van der Waals surface area contributed by atoms with Crippen LogP contribution in [0.2, 0.25) is 0 Å². The summed E-state index contributed by atoms with van der Waals surface area (Å²) in [6, 6.07) is 37.3. The maximum absolute atomic E-state index is 6.22. The van der Waals surface area contributed by atoms with Crippen molar-refractivity contribution < 1.29 is 9.47 Å². The fourth-order valence-electron chi connectivity index (χ4n) is 5.85. The molecule has 0 radical (unpaired) electrons. The third-order valence-corrected chi connectivity index (χ3v) is 8.22. The van der Waals surface area contributed by atoms with Crippen molar-refractivity contribution in [3.8, 4) is 33.8 Å². The lowest BCUT2D eigenvalue weighted by atomic mass is 9.95. The van der Waals surface area contributed by atoms with E-state index < -0.39 is 0 Å². The van der Waals surface area contributed by atoms with E-state index in [1.165, 1.54) is 61.4 Å². The van der Waals surface area contributed by atoms with E-state index >= 15 is 0 Å². The van der Waals surface area contributed by atoms with Gasteiger partial charge in [-0.05, 0) is 97.1 Å². The van der Waals surface area contributed by atoms with Gasteiger partial charge in [0.25, 0.3) is 0 Å². The van der Waals surface area contributed by atoms with Crippen molar-refractivity contribution in [3.63, 3.8) is 0 Å². The average molecular weight is 539 g/mol. The second-order valence-corrected chi connectivity index (χ2v) is 11.3. The highest BCUT2D eigenvalue weighted by atomic mass is 16.5. The molecule has 5 aromatic carbocycles. The molecule has 7 rings (SSSR count). The molecule has 0 saturated carbocycles. The molecule has 0 aliphatic carbocycles. The molecule has 0 unspecified atom stereocenters. The number of fused-ring (bicyclic) bond motifs is 2. The predicted molar refractivity (Wildman–Crippen MR) is 168 cm³/mol. The van der Waals surface area contributed by atoms with Crippen LogP contribution in [0.25, 0.3) is 22.3 Å². The number of anilines is 2. The van der Waals surface area contributed by atoms with Crippen LogP contribution in [0, 0.1) is 20.8 Å². The molecule has 0 aromatic heterocycles. The summed E-state index contributed by atoms with van der Waals surface area (Å²) < 4.78 is 12.3.